The van der Waals surface area contributed by atoms with Gasteiger partial charge in [0.2, 0.25) is 0 Å². The predicted octanol–water partition coefficient (Wildman–Crippen LogP) is 2.56. The van der Waals surface area contributed by atoms with Gasteiger partial charge in [-0.15, -0.1) is 0 Å². The molecule has 4 heteroatoms. The van der Waals surface area contributed by atoms with Gasteiger partial charge in [-0.3, -0.25) is 0 Å². The summed E-state index contributed by atoms with van der Waals surface area (Å²) in [4.78, 5) is 3.49. The van der Waals surface area contributed by atoms with Crippen molar-refractivity contribution >= 4 is 17.4 Å². The van der Waals surface area contributed by atoms with Gasteiger partial charge < -0.3 is 0 Å². The van der Waals surface area contributed by atoms with Crippen molar-refractivity contribution in [3.05, 3.63) is 0 Å². The van der Waals surface area contributed by atoms with E-state index in [1.807, 2.05) is 12.1 Å². The summed E-state index contributed by atoms with van der Waals surface area (Å²) in [6.45, 7) is 1.84. The Morgan fingerprint density at radius 1 is 1.33 bits per heavy atom. The van der Waals surface area contributed by atoms with E-state index < -0.39 is 18.4 Å². The molecule has 0 aromatic carbocycles. The van der Waals surface area contributed by atoms with Crippen LogP contribution in [0.25, 0.3) is 0 Å². The van der Waals surface area contributed by atoms with Gasteiger partial charge in [0.05, 0.1) is 5.16 Å². The second-order valence-electron chi connectivity index (χ2n) is 3.32. The first-order valence-electron chi connectivity index (χ1n) is 4.00. The Hall–Kier alpha value is -0.340. The summed E-state index contributed by atoms with van der Waals surface area (Å²) >= 11 is 4.32. The lowest BCUT2D eigenvalue weighted by Crippen LogP contribution is -2.38. The molecule has 0 radical (unpaired) electrons. The number of isothiocyanates is 1. The average Bonchev–Trinajstić information content (AvgIpc) is 1.96. The van der Waals surface area contributed by atoms with E-state index >= 15 is 0 Å². The highest BCUT2D eigenvalue weighted by Crippen LogP contribution is 2.30. The number of thiocarbonyl (C=S) groups is 1. The van der Waals surface area contributed by atoms with Crippen molar-refractivity contribution in [1.29, 1.82) is 0 Å². The average molecular weight is 191 g/mol. The number of nitrogens with zero attached hydrogens (tertiary/aromatic N) is 1. The van der Waals surface area contributed by atoms with Crippen LogP contribution in [0, 0.1) is 5.92 Å². The zero-order chi connectivity index (χ0) is 9.14. The second kappa shape index (κ2) is 4.06. The molecule has 0 amide bonds. The Labute approximate surface area is 75.9 Å². The zero-order valence-electron chi connectivity index (χ0n) is 6.84. The first-order valence-corrected chi connectivity index (χ1v) is 4.41. The second-order valence-corrected chi connectivity index (χ2v) is 3.50. The van der Waals surface area contributed by atoms with Crippen LogP contribution in [0.15, 0.2) is 4.99 Å². The summed E-state index contributed by atoms with van der Waals surface area (Å²) in [7, 11) is 0. The molecule has 1 nitrogen and oxygen atoms in total. The highest BCUT2D eigenvalue weighted by Gasteiger charge is 2.36. The maximum Gasteiger partial charge on any atom is 0.126 e. The third kappa shape index (κ3) is 2.08. The SMILES string of the molecule is CC1CC(F)C(N=C=S)C(F)C1. The number of aliphatic imine (C=N–C) groups is 1. The minimum Gasteiger partial charge on any atom is -0.245 e. The zero-order valence-corrected chi connectivity index (χ0v) is 7.65. The lowest BCUT2D eigenvalue weighted by molar-refractivity contribution is 0.0975. The molecule has 0 bridgehead atoms. The molecule has 0 saturated heterocycles. The maximum absolute atomic E-state index is 13.1. The molecule has 0 heterocycles. The summed E-state index contributed by atoms with van der Waals surface area (Å²) < 4.78 is 26.2. The van der Waals surface area contributed by atoms with Crippen molar-refractivity contribution in [3.8, 4) is 0 Å². The van der Waals surface area contributed by atoms with Gasteiger partial charge in [0.1, 0.15) is 18.4 Å². The van der Waals surface area contributed by atoms with Gasteiger partial charge in [-0.05, 0) is 31.0 Å². The normalized spacial score (nSPS) is 41.9. The minimum atomic E-state index is -1.20. The fourth-order valence-corrected chi connectivity index (χ4v) is 1.71. The first-order chi connectivity index (χ1) is 5.65. The molecule has 0 spiro atoms. The van der Waals surface area contributed by atoms with Crippen molar-refractivity contribution < 1.29 is 8.78 Å². The van der Waals surface area contributed by atoms with Crippen molar-refractivity contribution in [2.75, 3.05) is 0 Å². The van der Waals surface area contributed by atoms with Crippen LogP contribution in [0.2, 0.25) is 0 Å². The minimum absolute atomic E-state index is 0.103. The van der Waals surface area contributed by atoms with Gasteiger partial charge in [-0.1, -0.05) is 6.92 Å². The number of alkyl halides is 2. The predicted molar refractivity (Wildman–Crippen MR) is 47.0 cm³/mol. The quantitative estimate of drug-likeness (QED) is 0.458. The van der Waals surface area contributed by atoms with E-state index in [9.17, 15) is 8.78 Å². The van der Waals surface area contributed by atoms with E-state index in [1.165, 1.54) is 0 Å². The highest BCUT2D eigenvalue weighted by molar-refractivity contribution is 7.78. The summed E-state index contributed by atoms with van der Waals surface area (Å²) in [6, 6.07) is -0.904. The van der Waals surface area contributed by atoms with Crippen LogP contribution in [0.1, 0.15) is 19.8 Å². The standard InChI is InChI=1S/C8H11F2NS/c1-5-2-6(9)8(11-4-12)7(10)3-5/h5-8H,2-3H2,1H3. The van der Waals surface area contributed by atoms with Crippen LogP contribution in [0.5, 0.6) is 0 Å². The largest absolute Gasteiger partial charge is 0.245 e. The van der Waals surface area contributed by atoms with Gasteiger partial charge in [-0.2, -0.15) is 0 Å². The number of hydrogen-bond acceptors (Lipinski definition) is 2. The first kappa shape index (κ1) is 9.75. The van der Waals surface area contributed by atoms with E-state index in [4.69, 9.17) is 0 Å². The van der Waals surface area contributed by atoms with E-state index in [-0.39, 0.29) is 5.92 Å². The van der Waals surface area contributed by atoms with E-state index in [1.54, 1.807) is 0 Å². The summed E-state index contributed by atoms with van der Waals surface area (Å²) in [5, 5.41) is 2.04. The molecular formula is C8H11F2NS. The van der Waals surface area contributed by atoms with Crippen molar-refractivity contribution in [1.82, 2.24) is 0 Å². The monoisotopic (exact) mass is 191 g/mol. The molecule has 0 aliphatic heterocycles. The number of rotatable bonds is 1. The van der Waals surface area contributed by atoms with Crippen LogP contribution in [-0.4, -0.2) is 23.5 Å². The summed E-state index contributed by atoms with van der Waals surface area (Å²) in [6.07, 6.45) is -1.63. The molecule has 1 saturated carbocycles. The Balaban J connectivity index is 2.66. The van der Waals surface area contributed by atoms with Crippen LogP contribution >= 0.6 is 12.2 Å². The summed E-state index contributed by atoms with van der Waals surface area (Å²) in [5.41, 5.74) is 0. The molecule has 12 heavy (non-hydrogen) atoms. The fraction of sp³-hybridized carbons (Fsp3) is 0.875. The number of hydrogen-bond donors (Lipinski definition) is 0. The maximum atomic E-state index is 13.1. The third-order valence-corrected chi connectivity index (χ3v) is 2.30. The molecule has 68 valence electrons. The lowest BCUT2D eigenvalue weighted by Gasteiger charge is -2.29. The summed E-state index contributed by atoms with van der Waals surface area (Å²) in [5.74, 6) is 0.103. The van der Waals surface area contributed by atoms with Crippen LogP contribution in [0.4, 0.5) is 8.78 Å². The topological polar surface area (TPSA) is 12.4 Å². The molecular weight excluding hydrogens is 180 g/mol. The molecule has 2 unspecified atom stereocenters. The van der Waals surface area contributed by atoms with Gasteiger partial charge in [0.25, 0.3) is 0 Å². The van der Waals surface area contributed by atoms with Gasteiger partial charge in [0, 0.05) is 0 Å². The Morgan fingerprint density at radius 3 is 2.25 bits per heavy atom. The molecule has 1 aliphatic carbocycles. The van der Waals surface area contributed by atoms with E-state index in [2.05, 4.69) is 17.2 Å². The molecule has 0 aromatic rings. The number of halogens is 2. The molecule has 1 rings (SSSR count). The van der Waals surface area contributed by atoms with Crippen molar-refractivity contribution in [3.63, 3.8) is 0 Å². The Kier molecular flexibility index (Phi) is 3.29. The third-order valence-electron chi connectivity index (χ3n) is 2.20. The van der Waals surface area contributed by atoms with Gasteiger partial charge in [0.15, 0.2) is 0 Å². The van der Waals surface area contributed by atoms with Crippen molar-refractivity contribution in [2.24, 2.45) is 10.9 Å². The Morgan fingerprint density at radius 2 is 1.83 bits per heavy atom. The van der Waals surface area contributed by atoms with Gasteiger partial charge in [-0.25, -0.2) is 13.8 Å². The van der Waals surface area contributed by atoms with Crippen LogP contribution in [-0.2, 0) is 0 Å². The fourth-order valence-electron chi connectivity index (χ4n) is 1.59. The Bertz CT molecular complexity index is 191. The molecule has 0 N–H and O–H groups in total. The highest BCUT2D eigenvalue weighted by atomic mass is 32.1. The van der Waals surface area contributed by atoms with E-state index in [0.29, 0.717) is 12.8 Å². The molecule has 1 fully saturated rings. The van der Waals surface area contributed by atoms with E-state index in [0.717, 1.165) is 0 Å². The van der Waals surface area contributed by atoms with Crippen molar-refractivity contribution in [2.45, 2.75) is 38.2 Å². The molecule has 2 atom stereocenters. The molecule has 1 aliphatic rings. The van der Waals surface area contributed by atoms with Crippen LogP contribution < -0.4 is 0 Å². The lowest BCUT2D eigenvalue weighted by atomic mass is 9.85. The van der Waals surface area contributed by atoms with Crippen LogP contribution in [0.3, 0.4) is 0 Å². The van der Waals surface area contributed by atoms with Gasteiger partial charge >= 0.3 is 0 Å². The smallest absolute Gasteiger partial charge is 0.126 e. The molecule has 0 aromatic heterocycles.